The van der Waals surface area contributed by atoms with Crippen LogP contribution in [0, 0.1) is 0 Å². The predicted molar refractivity (Wildman–Crippen MR) is 67.1 cm³/mol. The first kappa shape index (κ1) is 13.6. The van der Waals surface area contributed by atoms with Gasteiger partial charge >= 0.3 is 11.9 Å². The van der Waals surface area contributed by atoms with Gasteiger partial charge in [0, 0.05) is 30.0 Å². The molecule has 7 nitrogen and oxygen atoms in total. The van der Waals surface area contributed by atoms with E-state index in [2.05, 4.69) is 9.97 Å². The van der Waals surface area contributed by atoms with Crippen LogP contribution in [0.3, 0.4) is 0 Å². The van der Waals surface area contributed by atoms with Crippen LogP contribution >= 0.6 is 0 Å². The molecule has 0 unspecified atom stereocenters. The highest BCUT2D eigenvalue weighted by molar-refractivity contribution is 5.90. The summed E-state index contributed by atoms with van der Waals surface area (Å²) in [6.45, 7) is 0. The van der Waals surface area contributed by atoms with Crippen molar-refractivity contribution in [2.24, 2.45) is 0 Å². The van der Waals surface area contributed by atoms with E-state index in [0.29, 0.717) is 16.4 Å². The molecule has 0 radical (unpaired) electrons. The standard InChI is InChI=1S/C13H11N3O4/c1-16(19-12(17)10-2-6-14-7-3-10)20-13(18)11-4-8-15-9-5-11/h2-9H,1H3. The molecule has 0 atom stereocenters. The Kier molecular flexibility index (Phi) is 4.35. The number of aromatic nitrogens is 2. The zero-order chi connectivity index (χ0) is 14.4. The molecule has 7 heteroatoms. The lowest BCUT2D eigenvalue weighted by atomic mass is 10.3. The second-order valence-corrected chi connectivity index (χ2v) is 3.67. The number of hydroxylamine groups is 2. The van der Waals surface area contributed by atoms with Crippen molar-refractivity contribution in [1.29, 1.82) is 0 Å². The maximum absolute atomic E-state index is 11.7. The predicted octanol–water partition coefficient (Wildman–Crippen LogP) is 1.25. The van der Waals surface area contributed by atoms with E-state index in [1.165, 1.54) is 56.1 Å². The summed E-state index contributed by atoms with van der Waals surface area (Å²) in [5.74, 6) is -1.31. The summed E-state index contributed by atoms with van der Waals surface area (Å²) in [4.78, 5) is 40.6. The van der Waals surface area contributed by atoms with Gasteiger partial charge in [0.15, 0.2) is 0 Å². The number of rotatable bonds is 4. The molecule has 0 aliphatic heterocycles. The molecule has 0 bridgehead atoms. The smallest absolute Gasteiger partial charge is 0.328 e. The Balaban J connectivity index is 1.91. The van der Waals surface area contributed by atoms with Gasteiger partial charge in [0.05, 0.1) is 18.2 Å². The first-order valence-electron chi connectivity index (χ1n) is 5.65. The Morgan fingerprint density at radius 3 is 1.55 bits per heavy atom. The third kappa shape index (κ3) is 3.59. The molecule has 2 aromatic rings. The maximum atomic E-state index is 11.7. The van der Waals surface area contributed by atoms with Crippen LogP contribution < -0.4 is 0 Å². The van der Waals surface area contributed by atoms with Gasteiger partial charge in [0.2, 0.25) is 0 Å². The Morgan fingerprint density at radius 1 is 0.850 bits per heavy atom. The maximum Gasteiger partial charge on any atom is 0.360 e. The minimum Gasteiger partial charge on any atom is -0.328 e. The van der Waals surface area contributed by atoms with E-state index in [9.17, 15) is 9.59 Å². The second kappa shape index (κ2) is 6.39. The average Bonchev–Trinajstić information content (AvgIpc) is 2.49. The molecule has 2 rings (SSSR count). The van der Waals surface area contributed by atoms with Crippen molar-refractivity contribution < 1.29 is 19.3 Å². The van der Waals surface area contributed by atoms with Crippen LogP contribution in [0.4, 0.5) is 0 Å². The molecule has 0 saturated heterocycles. The monoisotopic (exact) mass is 273 g/mol. The second-order valence-electron chi connectivity index (χ2n) is 3.67. The molecule has 0 amide bonds. The van der Waals surface area contributed by atoms with Crippen molar-refractivity contribution in [3.63, 3.8) is 0 Å². The fraction of sp³-hybridized carbons (Fsp3) is 0.0769. The molecule has 0 aliphatic carbocycles. The fourth-order valence-electron chi connectivity index (χ4n) is 1.33. The van der Waals surface area contributed by atoms with Crippen LogP contribution in [0.25, 0.3) is 0 Å². The topological polar surface area (TPSA) is 81.6 Å². The molecule has 0 fully saturated rings. The SMILES string of the molecule is CN(OC(=O)c1ccncc1)OC(=O)c1ccncc1. The van der Waals surface area contributed by atoms with E-state index in [4.69, 9.17) is 9.68 Å². The molecule has 0 saturated carbocycles. The van der Waals surface area contributed by atoms with Gasteiger partial charge in [0.1, 0.15) is 0 Å². The van der Waals surface area contributed by atoms with Gasteiger partial charge in [-0.25, -0.2) is 9.59 Å². The van der Waals surface area contributed by atoms with Gasteiger partial charge in [-0.15, -0.1) is 0 Å². The number of nitrogens with zero attached hydrogens (tertiary/aromatic N) is 3. The summed E-state index contributed by atoms with van der Waals surface area (Å²) >= 11 is 0. The first-order chi connectivity index (χ1) is 9.66. The van der Waals surface area contributed by atoms with Gasteiger partial charge in [-0.2, -0.15) is 0 Å². The molecule has 0 N–H and O–H groups in total. The van der Waals surface area contributed by atoms with E-state index >= 15 is 0 Å². The largest absolute Gasteiger partial charge is 0.360 e. The summed E-state index contributed by atoms with van der Waals surface area (Å²) in [6, 6.07) is 5.95. The average molecular weight is 273 g/mol. The van der Waals surface area contributed by atoms with Gasteiger partial charge in [0.25, 0.3) is 0 Å². The number of carbonyl (C=O) groups excluding carboxylic acids is 2. The lowest BCUT2D eigenvalue weighted by molar-refractivity contribution is -0.280. The zero-order valence-corrected chi connectivity index (χ0v) is 10.6. The Hall–Kier alpha value is -2.80. The normalized spacial score (nSPS) is 10.1. The van der Waals surface area contributed by atoms with Crippen LogP contribution in [-0.4, -0.2) is 34.2 Å². The molecule has 20 heavy (non-hydrogen) atoms. The van der Waals surface area contributed by atoms with E-state index in [0.717, 1.165) is 0 Å². The highest BCUT2D eigenvalue weighted by Crippen LogP contribution is 2.04. The van der Waals surface area contributed by atoms with Crippen LogP contribution in [0.1, 0.15) is 20.7 Å². The van der Waals surface area contributed by atoms with Gasteiger partial charge in [-0.3, -0.25) is 9.97 Å². The van der Waals surface area contributed by atoms with Crippen molar-refractivity contribution in [2.45, 2.75) is 0 Å². The quantitative estimate of drug-likeness (QED) is 0.775. The lowest BCUT2D eigenvalue weighted by Crippen LogP contribution is -2.26. The summed E-state index contributed by atoms with van der Waals surface area (Å²) in [5.41, 5.74) is 0.596. The molecule has 0 aliphatic rings. The van der Waals surface area contributed by atoms with Crippen molar-refractivity contribution in [1.82, 2.24) is 15.2 Å². The van der Waals surface area contributed by atoms with E-state index in [-0.39, 0.29) is 0 Å². The summed E-state index contributed by atoms with van der Waals surface area (Å²) in [6.07, 6.45) is 5.83. The summed E-state index contributed by atoms with van der Waals surface area (Å²) in [7, 11) is 1.30. The summed E-state index contributed by atoms with van der Waals surface area (Å²) < 4.78 is 0. The molecule has 2 heterocycles. The number of hydrogen-bond donors (Lipinski definition) is 0. The Labute approximate surface area is 114 Å². The molecule has 102 valence electrons. The third-order valence-corrected chi connectivity index (χ3v) is 2.25. The summed E-state index contributed by atoms with van der Waals surface area (Å²) in [5, 5.41) is 0.700. The van der Waals surface area contributed by atoms with Crippen molar-refractivity contribution >= 4 is 11.9 Å². The lowest BCUT2D eigenvalue weighted by Gasteiger charge is -2.14. The van der Waals surface area contributed by atoms with Crippen LogP contribution in [0.2, 0.25) is 0 Å². The highest BCUT2D eigenvalue weighted by Gasteiger charge is 2.15. The molecular formula is C13H11N3O4. The number of pyridine rings is 2. The molecular weight excluding hydrogens is 262 g/mol. The van der Waals surface area contributed by atoms with E-state index in [1.54, 1.807) is 0 Å². The van der Waals surface area contributed by atoms with Crippen LogP contribution in [0.5, 0.6) is 0 Å². The van der Waals surface area contributed by atoms with Gasteiger partial charge < -0.3 is 9.68 Å². The van der Waals surface area contributed by atoms with E-state index in [1.807, 2.05) is 0 Å². The van der Waals surface area contributed by atoms with Crippen LogP contribution in [0.15, 0.2) is 49.1 Å². The van der Waals surface area contributed by atoms with Crippen molar-refractivity contribution in [3.05, 3.63) is 60.2 Å². The van der Waals surface area contributed by atoms with Crippen LogP contribution in [-0.2, 0) is 9.68 Å². The third-order valence-electron chi connectivity index (χ3n) is 2.25. The molecule has 0 spiro atoms. The minimum atomic E-state index is -0.655. The molecule has 0 aromatic carbocycles. The van der Waals surface area contributed by atoms with Gasteiger partial charge in [-0.1, -0.05) is 0 Å². The van der Waals surface area contributed by atoms with Crippen molar-refractivity contribution in [3.8, 4) is 0 Å². The first-order valence-corrected chi connectivity index (χ1v) is 5.65. The number of carbonyl (C=O) groups is 2. The van der Waals surface area contributed by atoms with Gasteiger partial charge in [-0.05, 0) is 24.3 Å². The van der Waals surface area contributed by atoms with E-state index < -0.39 is 11.9 Å². The Morgan fingerprint density at radius 2 is 1.20 bits per heavy atom. The fourth-order valence-corrected chi connectivity index (χ4v) is 1.33. The zero-order valence-electron chi connectivity index (χ0n) is 10.6. The Bertz CT molecular complexity index is 536. The number of hydrogen-bond acceptors (Lipinski definition) is 7. The highest BCUT2D eigenvalue weighted by atomic mass is 17.0. The molecule has 2 aromatic heterocycles. The minimum absolute atomic E-state index is 0.298. The van der Waals surface area contributed by atoms with Crippen molar-refractivity contribution in [2.75, 3.05) is 7.05 Å².